The highest BCUT2D eigenvalue weighted by Crippen LogP contribution is 2.10. The van der Waals surface area contributed by atoms with E-state index in [1.54, 1.807) is 0 Å². The lowest BCUT2D eigenvalue weighted by Gasteiger charge is -2.22. The van der Waals surface area contributed by atoms with Crippen molar-refractivity contribution in [3.63, 3.8) is 0 Å². The highest BCUT2D eigenvalue weighted by atomic mass is 16.6. The molecule has 0 fully saturated rings. The van der Waals surface area contributed by atoms with E-state index in [1.165, 1.54) is 0 Å². The molecule has 86 valence electrons. The number of nitrogens with one attached hydrogen (secondary N) is 1. The Kier molecular flexibility index (Phi) is 4.23. The molecule has 1 aromatic rings. The molecule has 5 nitrogen and oxygen atoms in total. The van der Waals surface area contributed by atoms with E-state index in [4.69, 9.17) is 0 Å². The Morgan fingerprint density at radius 1 is 1.47 bits per heavy atom. The summed E-state index contributed by atoms with van der Waals surface area (Å²) in [6.45, 7) is 6.86. The lowest BCUT2D eigenvalue weighted by molar-refractivity contribution is 0.0496. The van der Waals surface area contributed by atoms with E-state index in [-0.39, 0.29) is 0 Å². The van der Waals surface area contributed by atoms with Crippen LogP contribution in [0.2, 0.25) is 0 Å². The van der Waals surface area contributed by atoms with E-state index in [0.29, 0.717) is 13.1 Å². The molecule has 0 radical (unpaired) electrons. The average Bonchev–Trinajstić information content (AvgIpc) is 2.51. The molecule has 0 spiro atoms. The summed E-state index contributed by atoms with van der Waals surface area (Å²) in [5, 5.41) is 20.5. The van der Waals surface area contributed by atoms with Gasteiger partial charge in [0.25, 0.3) is 0 Å². The van der Waals surface area contributed by atoms with Crippen molar-refractivity contribution < 1.29 is 9.74 Å². The third-order valence-electron chi connectivity index (χ3n) is 2.33. The highest BCUT2D eigenvalue weighted by Gasteiger charge is 2.18. The standard InChI is InChI=1S/C10H19N3O2/c1-4-5-10(3,14)7-11-6-9-8(2)12-15-13-9/h11,14H,4-7H2,1-3H3. The number of nitrogens with zero attached hydrogens (tertiary/aromatic N) is 2. The topological polar surface area (TPSA) is 71.2 Å². The molecule has 0 bridgehead atoms. The molecule has 0 amide bonds. The maximum atomic E-state index is 9.89. The summed E-state index contributed by atoms with van der Waals surface area (Å²) < 4.78 is 4.57. The molecule has 1 atom stereocenters. The quantitative estimate of drug-likeness (QED) is 0.738. The molecule has 0 aliphatic rings. The predicted octanol–water partition coefficient (Wildman–Crippen LogP) is 1.02. The molecule has 1 heterocycles. The third-order valence-corrected chi connectivity index (χ3v) is 2.33. The van der Waals surface area contributed by atoms with Gasteiger partial charge in [-0.3, -0.25) is 0 Å². The van der Waals surface area contributed by atoms with Crippen LogP contribution in [-0.2, 0) is 6.54 Å². The van der Waals surface area contributed by atoms with Crippen molar-refractivity contribution in [3.8, 4) is 0 Å². The van der Waals surface area contributed by atoms with Gasteiger partial charge in [-0.25, -0.2) is 4.63 Å². The Bertz CT molecular complexity index is 297. The number of hydrogen-bond donors (Lipinski definition) is 2. The fourth-order valence-corrected chi connectivity index (χ4v) is 1.49. The van der Waals surface area contributed by atoms with E-state index in [9.17, 15) is 5.11 Å². The molecule has 1 aromatic heterocycles. The molecule has 1 unspecified atom stereocenters. The van der Waals surface area contributed by atoms with Crippen molar-refractivity contribution in [1.29, 1.82) is 0 Å². The van der Waals surface area contributed by atoms with E-state index in [0.717, 1.165) is 24.2 Å². The number of aliphatic hydroxyl groups is 1. The van der Waals surface area contributed by atoms with Crippen molar-refractivity contribution in [2.45, 2.75) is 45.8 Å². The Hall–Kier alpha value is -0.940. The summed E-state index contributed by atoms with van der Waals surface area (Å²) in [6, 6.07) is 0. The first-order chi connectivity index (χ1) is 7.05. The van der Waals surface area contributed by atoms with Crippen LogP contribution < -0.4 is 5.32 Å². The first-order valence-electron chi connectivity index (χ1n) is 5.26. The van der Waals surface area contributed by atoms with Crippen LogP contribution in [0, 0.1) is 6.92 Å². The molecule has 0 aromatic carbocycles. The van der Waals surface area contributed by atoms with E-state index < -0.39 is 5.60 Å². The van der Waals surface area contributed by atoms with Crippen LogP contribution >= 0.6 is 0 Å². The lowest BCUT2D eigenvalue weighted by atomic mass is 10.0. The van der Waals surface area contributed by atoms with Crippen molar-refractivity contribution in [2.24, 2.45) is 0 Å². The van der Waals surface area contributed by atoms with Crippen LogP contribution in [0.4, 0.5) is 0 Å². The number of aryl methyl sites for hydroxylation is 1. The molecule has 5 heteroatoms. The van der Waals surface area contributed by atoms with Crippen molar-refractivity contribution >= 4 is 0 Å². The normalized spacial score (nSPS) is 15.2. The minimum Gasteiger partial charge on any atom is -0.389 e. The van der Waals surface area contributed by atoms with Gasteiger partial charge >= 0.3 is 0 Å². The zero-order valence-corrected chi connectivity index (χ0v) is 9.58. The summed E-state index contributed by atoms with van der Waals surface area (Å²) in [6.07, 6.45) is 1.76. The minimum absolute atomic E-state index is 0.549. The van der Waals surface area contributed by atoms with E-state index in [1.807, 2.05) is 13.8 Å². The van der Waals surface area contributed by atoms with Crippen molar-refractivity contribution in [3.05, 3.63) is 11.4 Å². The monoisotopic (exact) mass is 213 g/mol. The first-order valence-corrected chi connectivity index (χ1v) is 5.26. The summed E-state index contributed by atoms with van der Waals surface area (Å²) >= 11 is 0. The summed E-state index contributed by atoms with van der Waals surface area (Å²) in [4.78, 5) is 0. The van der Waals surface area contributed by atoms with Crippen LogP contribution in [0.15, 0.2) is 4.63 Å². The van der Waals surface area contributed by atoms with Gasteiger partial charge in [0.15, 0.2) is 0 Å². The molecular weight excluding hydrogens is 194 g/mol. The largest absolute Gasteiger partial charge is 0.389 e. The second kappa shape index (κ2) is 5.23. The molecule has 0 aliphatic heterocycles. The Morgan fingerprint density at radius 2 is 2.20 bits per heavy atom. The summed E-state index contributed by atoms with van der Waals surface area (Å²) in [5.41, 5.74) is 0.930. The van der Waals surface area contributed by atoms with E-state index in [2.05, 4.69) is 27.2 Å². The summed E-state index contributed by atoms with van der Waals surface area (Å²) in [5.74, 6) is 0. The molecule has 1 rings (SSSR count). The fraction of sp³-hybridized carbons (Fsp3) is 0.800. The minimum atomic E-state index is -0.653. The zero-order chi connectivity index (χ0) is 11.3. The summed E-state index contributed by atoms with van der Waals surface area (Å²) in [7, 11) is 0. The Morgan fingerprint density at radius 3 is 2.73 bits per heavy atom. The molecule has 0 saturated carbocycles. The average molecular weight is 213 g/mol. The molecular formula is C10H19N3O2. The van der Waals surface area contributed by atoms with Gasteiger partial charge < -0.3 is 10.4 Å². The second-order valence-corrected chi connectivity index (χ2v) is 4.15. The Balaban J connectivity index is 2.30. The maximum absolute atomic E-state index is 9.89. The third kappa shape index (κ3) is 3.97. The van der Waals surface area contributed by atoms with Crippen LogP contribution in [0.25, 0.3) is 0 Å². The fourth-order valence-electron chi connectivity index (χ4n) is 1.49. The van der Waals surface area contributed by atoms with E-state index >= 15 is 0 Å². The first kappa shape index (κ1) is 12.1. The molecule has 15 heavy (non-hydrogen) atoms. The smallest absolute Gasteiger partial charge is 0.121 e. The number of rotatable bonds is 6. The molecule has 2 N–H and O–H groups in total. The predicted molar refractivity (Wildman–Crippen MR) is 56.3 cm³/mol. The number of aromatic nitrogens is 2. The Labute approximate surface area is 89.8 Å². The zero-order valence-electron chi connectivity index (χ0n) is 9.58. The van der Waals surface area contributed by atoms with Crippen LogP contribution in [0.5, 0.6) is 0 Å². The molecule has 0 saturated heterocycles. The second-order valence-electron chi connectivity index (χ2n) is 4.15. The highest BCUT2D eigenvalue weighted by molar-refractivity contribution is 5.03. The van der Waals surface area contributed by atoms with Gasteiger partial charge in [-0.1, -0.05) is 23.7 Å². The van der Waals surface area contributed by atoms with Crippen LogP contribution in [0.1, 0.15) is 38.1 Å². The SMILES string of the molecule is CCCC(C)(O)CNCc1nonc1C. The van der Waals surface area contributed by atoms with Gasteiger partial charge in [0.2, 0.25) is 0 Å². The van der Waals surface area contributed by atoms with Gasteiger partial charge in [-0.15, -0.1) is 0 Å². The number of hydrogen-bond acceptors (Lipinski definition) is 5. The van der Waals surface area contributed by atoms with Crippen molar-refractivity contribution in [1.82, 2.24) is 15.6 Å². The van der Waals surface area contributed by atoms with Crippen LogP contribution in [0.3, 0.4) is 0 Å². The lowest BCUT2D eigenvalue weighted by Crippen LogP contribution is -2.37. The molecule has 0 aliphatic carbocycles. The van der Waals surface area contributed by atoms with Gasteiger partial charge in [0.1, 0.15) is 11.4 Å². The van der Waals surface area contributed by atoms with Crippen LogP contribution in [-0.4, -0.2) is 27.6 Å². The van der Waals surface area contributed by atoms with Gasteiger partial charge in [-0.05, 0) is 20.3 Å². The maximum Gasteiger partial charge on any atom is 0.121 e. The van der Waals surface area contributed by atoms with Gasteiger partial charge in [0.05, 0.1) is 5.60 Å². The van der Waals surface area contributed by atoms with Gasteiger partial charge in [-0.2, -0.15) is 0 Å². The van der Waals surface area contributed by atoms with Gasteiger partial charge in [0, 0.05) is 13.1 Å². The van der Waals surface area contributed by atoms with Crippen molar-refractivity contribution in [2.75, 3.05) is 6.54 Å².